The first-order valence-corrected chi connectivity index (χ1v) is 7.61. The number of nitrogens with zero attached hydrogens (tertiary/aromatic N) is 3. The lowest BCUT2D eigenvalue weighted by atomic mass is 10.0. The largest absolute Gasteiger partial charge is 0.367 e. The van der Waals surface area contributed by atoms with Crippen LogP contribution in [-0.4, -0.2) is 35.5 Å². The Hall–Kier alpha value is -1.03. The molecule has 0 spiro atoms. The third-order valence-electron chi connectivity index (χ3n) is 3.79. The molecule has 1 aromatic heterocycles. The second-order valence-corrected chi connectivity index (χ2v) is 6.07. The zero-order valence-corrected chi connectivity index (χ0v) is 12.8. The molecule has 19 heavy (non-hydrogen) atoms. The van der Waals surface area contributed by atoms with Gasteiger partial charge in [-0.25, -0.2) is 0 Å². The van der Waals surface area contributed by atoms with Crippen molar-refractivity contribution in [1.29, 1.82) is 0 Å². The minimum Gasteiger partial charge on any atom is -0.367 e. The van der Waals surface area contributed by atoms with Crippen LogP contribution in [0, 0.1) is 5.92 Å². The molecule has 0 aromatic carbocycles. The van der Waals surface area contributed by atoms with Gasteiger partial charge in [0.2, 0.25) is 0 Å². The van der Waals surface area contributed by atoms with Crippen LogP contribution in [0.2, 0.25) is 0 Å². The Morgan fingerprint density at radius 1 is 1.47 bits per heavy atom. The van der Waals surface area contributed by atoms with Crippen LogP contribution in [0.15, 0.2) is 6.20 Å². The van der Waals surface area contributed by atoms with E-state index in [1.54, 1.807) is 0 Å². The molecule has 0 radical (unpaired) electrons. The highest BCUT2D eigenvalue weighted by Crippen LogP contribution is 2.22. The van der Waals surface area contributed by atoms with Gasteiger partial charge in [0.05, 0.1) is 11.4 Å². The van der Waals surface area contributed by atoms with Crippen molar-refractivity contribution in [2.45, 2.75) is 46.1 Å². The number of hydrogen-bond donors (Lipinski definition) is 1. The molecule has 1 N–H and O–H groups in total. The third-order valence-corrected chi connectivity index (χ3v) is 3.79. The van der Waals surface area contributed by atoms with Crippen LogP contribution in [0.3, 0.4) is 0 Å². The molecule has 108 valence electrons. The van der Waals surface area contributed by atoms with E-state index in [4.69, 9.17) is 0 Å². The van der Waals surface area contributed by atoms with Crippen molar-refractivity contribution in [3.8, 4) is 0 Å². The van der Waals surface area contributed by atoms with E-state index in [1.807, 2.05) is 11.7 Å². The maximum absolute atomic E-state index is 4.58. The second kappa shape index (κ2) is 6.42. The van der Waals surface area contributed by atoms with Crippen molar-refractivity contribution in [2.24, 2.45) is 13.0 Å². The summed E-state index contributed by atoms with van der Waals surface area (Å²) in [6.07, 6.45) is 5.65. The lowest BCUT2D eigenvalue weighted by Crippen LogP contribution is -2.38. The Morgan fingerprint density at radius 2 is 2.26 bits per heavy atom. The predicted octanol–water partition coefficient (Wildman–Crippen LogP) is 2.20. The van der Waals surface area contributed by atoms with Crippen molar-refractivity contribution in [2.75, 3.05) is 24.5 Å². The normalized spacial score (nSPS) is 20.9. The smallest absolute Gasteiger partial charge is 0.0855 e. The Morgan fingerprint density at radius 3 is 2.95 bits per heavy atom. The van der Waals surface area contributed by atoms with Crippen molar-refractivity contribution in [3.63, 3.8) is 0 Å². The third kappa shape index (κ3) is 3.72. The number of aromatic nitrogens is 2. The van der Waals surface area contributed by atoms with Crippen LogP contribution in [0.5, 0.6) is 0 Å². The Balaban J connectivity index is 2.12. The number of rotatable bonds is 4. The SMILES string of the molecule is CCc1nn(C)cc1N1CCCNC(CC(C)C)C1. The molecule has 0 aliphatic carbocycles. The summed E-state index contributed by atoms with van der Waals surface area (Å²) in [5, 5.41) is 8.26. The first-order valence-electron chi connectivity index (χ1n) is 7.61. The van der Waals surface area contributed by atoms with Crippen LogP contribution in [-0.2, 0) is 13.5 Å². The fraction of sp³-hybridized carbons (Fsp3) is 0.800. The van der Waals surface area contributed by atoms with Crippen molar-refractivity contribution >= 4 is 5.69 Å². The average molecular weight is 264 g/mol. The van der Waals surface area contributed by atoms with Crippen LogP contribution in [0.25, 0.3) is 0 Å². The van der Waals surface area contributed by atoms with E-state index in [0.29, 0.717) is 6.04 Å². The molecular weight excluding hydrogens is 236 g/mol. The molecule has 1 fully saturated rings. The van der Waals surface area contributed by atoms with E-state index < -0.39 is 0 Å². The van der Waals surface area contributed by atoms with Gasteiger partial charge in [-0.1, -0.05) is 20.8 Å². The number of anilines is 1. The van der Waals surface area contributed by atoms with E-state index in [-0.39, 0.29) is 0 Å². The monoisotopic (exact) mass is 264 g/mol. The Kier molecular flexibility index (Phi) is 4.86. The summed E-state index contributed by atoms with van der Waals surface area (Å²) in [7, 11) is 2.02. The van der Waals surface area contributed by atoms with Gasteiger partial charge in [-0.15, -0.1) is 0 Å². The lowest BCUT2D eigenvalue weighted by molar-refractivity contribution is 0.436. The van der Waals surface area contributed by atoms with Crippen LogP contribution in [0.4, 0.5) is 5.69 Å². The van der Waals surface area contributed by atoms with Gasteiger partial charge in [0.15, 0.2) is 0 Å². The summed E-state index contributed by atoms with van der Waals surface area (Å²) < 4.78 is 1.95. The molecule has 1 atom stereocenters. The average Bonchev–Trinajstić information content (AvgIpc) is 2.58. The van der Waals surface area contributed by atoms with Crippen LogP contribution < -0.4 is 10.2 Å². The van der Waals surface area contributed by atoms with Crippen molar-refractivity contribution in [1.82, 2.24) is 15.1 Å². The number of hydrogen-bond acceptors (Lipinski definition) is 3. The number of aryl methyl sites for hydroxylation is 2. The van der Waals surface area contributed by atoms with E-state index in [1.165, 1.54) is 24.2 Å². The van der Waals surface area contributed by atoms with Gasteiger partial charge in [-0.05, 0) is 31.7 Å². The summed E-state index contributed by atoms with van der Waals surface area (Å²) in [6, 6.07) is 0.604. The minimum atomic E-state index is 0.604. The summed E-state index contributed by atoms with van der Waals surface area (Å²) in [5.41, 5.74) is 2.56. The van der Waals surface area contributed by atoms with Gasteiger partial charge >= 0.3 is 0 Å². The summed E-state index contributed by atoms with van der Waals surface area (Å²) >= 11 is 0. The maximum Gasteiger partial charge on any atom is 0.0855 e. The van der Waals surface area contributed by atoms with Gasteiger partial charge in [0.1, 0.15) is 0 Å². The van der Waals surface area contributed by atoms with E-state index in [9.17, 15) is 0 Å². The quantitative estimate of drug-likeness (QED) is 0.905. The van der Waals surface area contributed by atoms with Gasteiger partial charge in [0, 0.05) is 32.4 Å². The first kappa shape index (κ1) is 14.4. The summed E-state index contributed by atoms with van der Waals surface area (Å²) in [6.45, 7) is 10.2. The molecule has 0 saturated carbocycles. The topological polar surface area (TPSA) is 33.1 Å². The predicted molar refractivity (Wildman–Crippen MR) is 80.7 cm³/mol. The molecule has 0 amide bonds. The lowest BCUT2D eigenvalue weighted by Gasteiger charge is -2.27. The van der Waals surface area contributed by atoms with E-state index in [2.05, 4.69) is 42.3 Å². The van der Waals surface area contributed by atoms with Crippen LogP contribution >= 0.6 is 0 Å². The molecule has 1 aliphatic rings. The highest BCUT2D eigenvalue weighted by molar-refractivity contribution is 5.49. The molecule has 1 saturated heterocycles. The molecule has 1 aliphatic heterocycles. The zero-order valence-electron chi connectivity index (χ0n) is 12.8. The minimum absolute atomic E-state index is 0.604. The fourth-order valence-electron chi connectivity index (χ4n) is 2.98. The van der Waals surface area contributed by atoms with Gasteiger partial charge in [0.25, 0.3) is 0 Å². The molecule has 2 heterocycles. The molecule has 1 unspecified atom stereocenters. The fourth-order valence-corrected chi connectivity index (χ4v) is 2.98. The highest BCUT2D eigenvalue weighted by Gasteiger charge is 2.21. The Labute approximate surface area is 117 Å². The molecule has 0 bridgehead atoms. The number of nitrogens with one attached hydrogen (secondary N) is 1. The molecule has 4 nitrogen and oxygen atoms in total. The zero-order chi connectivity index (χ0) is 13.8. The summed E-state index contributed by atoms with van der Waals surface area (Å²) in [5.74, 6) is 0.747. The van der Waals surface area contributed by atoms with E-state index >= 15 is 0 Å². The second-order valence-electron chi connectivity index (χ2n) is 6.07. The van der Waals surface area contributed by atoms with Crippen molar-refractivity contribution in [3.05, 3.63) is 11.9 Å². The molecular formula is C15H28N4. The molecule has 1 aromatic rings. The molecule has 4 heteroatoms. The molecule has 2 rings (SSSR count). The first-order chi connectivity index (χ1) is 9.10. The van der Waals surface area contributed by atoms with Gasteiger partial charge < -0.3 is 10.2 Å². The standard InChI is InChI=1S/C15H28N4/c1-5-14-15(11-18(4)17-14)19-8-6-7-16-13(10-19)9-12(2)3/h11-13,16H,5-10H2,1-4H3. The van der Waals surface area contributed by atoms with Crippen molar-refractivity contribution < 1.29 is 0 Å². The summed E-state index contributed by atoms with van der Waals surface area (Å²) in [4.78, 5) is 2.53. The highest BCUT2D eigenvalue weighted by atomic mass is 15.3. The Bertz CT molecular complexity index is 397. The van der Waals surface area contributed by atoms with Gasteiger partial charge in [-0.2, -0.15) is 5.10 Å². The van der Waals surface area contributed by atoms with E-state index in [0.717, 1.165) is 32.0 Å². The maximum atomic E-state index is 4.58. The van der Waals surface area contributed by atoms with Gasteiger partial charge in [-0.3, -0.25) is 4.68 Å². The van der Waals surface area contributed by atoms with Crippen LogP contribution in [0.1, 0.15) is 39.3 Å².